The predicted octanol–water partition coefficient (Wildman–Crippen LogP) is 3.39. The molecule has 162 valence electrons. The maximum atomic E-state index is 12.2. The number of benzene rings is 3. The fraction of sp³-hybridized carbons (Fsp3) is 0.308. The van der Waals surface area contributed by atoms with Gasteiger partial charge in [0.25, 0.3) is 0 Å². The van der Waals surface area contributed by atoms with Crippen molar-refractivity contribution in [2.75, 3.05) is 14.2 Å². The SMILES string of the molecule is CO[C@@H]1[C@H](Cc2ccccc2)O[C@@](O)(c2ccccc2)[C@@H](OC)[C@@]1(O)c1ccccc1. The third-order valence-electron chi connectivity index (χ3n) is 6.05. The summed E-state index contributed by atoms with van der Waals surface area (Å²) in [4.78, 5) is 0. The van der Waals surface area contributed by atoms with Crippen LogP contribution in [0.1, 0.15) is 16.7 Å². The largest absolute Gasteiger partial charge is 0.379 e. The van der Waals surface area contributed by atoms with E-state index in [1.807, 2.05) is 78.9 Å². The van der Waals surface area contributed by atoms with E-state index in [1.54, 1.807) is 19.2 Å². The van der Waals surface area contributed by atoms with Crippen LogP contribution in [0.3, 0.4) is 0 Å². The van der Waals surface area contributed by atoms with Crippen molar-refractivity contribution in [3.05, 3.63) is 108 Å². The molecule has 1 aliphatic rings. The molecule has 3 aromatic carbocycles. The lowest BCUT2D eigenvalue weighted by atomic mass is 9.72. The van der Waals surface area contributed by atoms with E-state index < -0.39 is 29.7 Å². The molecule has 31 heavy (non-hydrogen) atoms. The van der Waals surface area contributed by atoms with Gasteiger partial charge in [0.2, 0.25) is 5.79 Å². The maximum Gasteiger partial charge on any atom is 0.223 e. The number of hydrogen-bond acceptors (Lipinski definition) is 5. The van der Waals surface area contributed by atoms with Crippen LogP contribution in [0.2, 0.25) is 0 Å². The van der Waals surface area contributed by atoms with Gasteiger partial charge in [-0.3, -0.25) is 0 Å². The lowest BCUT2D eigenvalue weighted by Crippen LogP contribution is -2.69. The second-order valence-electron chi connectivity index (χ2n) is 7.87. The molecule has 0 spiro atoms. The third kappa shape index (κ3) is 3.80. The number of hydrogen-bond donors (Lipinski definition) is 2. The zero-order valence-corrected chi connectivity index (χ0v) is 17.7. The minimum absolute atomic E-state index is 0.445. The van der Waals surface area contributed by atoms with Crippen LogP contribution in [0.25, 0.3) is 0 Å². The molecule has 1 fully saturated rings. The molecular formula is C26H28O5. The van der Waals surface area contributed by atoms with E-state index in [4.69, 9.17) is 14.2 Å². The molecule has 0 aromatic heterocycles. The van der Waals surface area contributed by atoms with Gasteiger partial charge in [0.1, 0.15) is 11.7 Å². The van der Waals surface area contributed by atoms with E-state index in [9.17, 15) is 10.2 Å². The monoisotopic (exact) mass is 420 g/mol. The van der Waals surface area contributed by atoms with Crippen LogP contribution in [0.4, 0.5) is 0 Å². The molecule has 0 radical (unpaired) electrons. The van der Waals surface area contributed by atoms with E-state index in [-0.39, 0.29) is 0 Å². The molecule has 3 aromatic rings. The van der Waals surface area contributed by atoms with E-state index >= 15 is 0 Å². The summed E-state index contributed by atoms with van der Waals surface area (Å²) in [5, 5.41) is 24.1. The van der Waals surface area contributed by atoms with Gasteiger partial charge in [0.05, 0.1) is 6.10 Å². The third-order valence-corrected chi connectivity index (χ3v) is 6.05. The summed E-state index contributed by atoms with van der Waals surface area (Å²) in [6, 6.07) is 28.0. The van der Waals surface area contributed by atoms with E-state index in [0.29, 0.717) is 17.5 Å². The predicted molar refractivity (Wildman–Crippen MR) is 117 cm³/mol. The average molecular weight is 421 g/mol. The highest BCUT2D eigenvalue weighted by Gasteiger charge is 2.64. The Bertz CT molecular complexity index is 965. The van der Waals surface area contributed by atoms with E-state index in [2.05, 4.69) is 0 Å². The molecule has 5 nitrogen and oxygen atoms in total. The first kappa shape index (κ1) is 21.7. The summed E-state index contributed by atoms with van der Waals surface area (Å²) in [6.45, 7) is 0. The van der Waals surface area contributed by atoms with Gasteiger partial charge >= 0.3 is 0 Å². The fourth-order valence-corrected chi connectivity index (χ4v) is 4.67. The Kier molecular flexibility index (Phi) is 6.23. The highest BCUT2D eigenvalue weighted by Crippen LogP contribution is 2.49. The van der Waals surface area contributed by atoms with Gasteiger partial charge in [0.15, 0.2) is 6.10 Å². The van der Waals surface area contributed by atoms with Gasteiger partial charge in [-0.25, -0.2) is 0 Å². The summed E-state index contributed by atoms with van der Waals surface area (Å²) in [5.41, 5.74) is 0.428. The quantitative estimate of drug-likeness (QED) is 0.640. The van der Waals surface area contributed by atoms with Crippen molar-refractivity contribution in [3.8, 4) is 0 Å². The summed E-state index contributed by atoms with van der Waals surface area (Å²) in [7, 11) is 3.00. The lowest BCUT2D eigenvalue weighted by molar-refractivity contribution is -0.391. The highest BCUT2D eigenvalue weighted by molar-refractivity contribution is 5.33. The van der Waals surface area contributed by atoms with Crippen molar-refractivity contribution in [1.29, 1.82) is 0 Å². The standard InChI is InChI=1S/C26H28O5/c1-29-23-22(18-19-12-6-3-7-13-19)31-26(28,21-16-10-5-11-17-21)24(30-2)25(23,27)20-14-8-4-9-15-20/h3-17,22-24,27-28H,18H2,1-2H3/t22-,23+,24-,25+,26-/m0/s1. The molecule has 0 amide bonds. The van der Waals surface area contributed by atoms with Crippen molar-refractivity contribution in [2.45, 2.75) is 36.1 Å². The first-order chi connectivity index (χ1) is 15.0. The van der Waals surface area contributed by atoms with E-state index in [0.717, 1.165) is 5.56 Å². The Morgan fingerprint density at radius 3 is 1.77 bits per heavy atom. The molecule has 0 saturated carbocycles. The Labute approximate surface area is 182 Å². The van der Waals surface area contributed by atoms with Crippen LogP contribution in [-0.4, -0.2) is 42.7 Å². The van der Waals surface area contributed by atoms with Crippen molar-refractivity contribution in [1.82, 2.24) is 0 Å². The molecule has 5 atom stereocenters. The molecule has 0 bridgehead atoms. The Morgan fingerprint density at radius 2 is 1.26 bits per heavy atom. The van der Waals surface area contributed by atoms with Crippen LogP contribution in [0.5, 0.6) is 0 Å². The van der Waals surface area contributed by atoms with Gasteiger partial charge in [-0.05, 0) is 11.1 Å². The van der Waals surface area contributed by atoms with Crippen LogP contribution in [0, 0.1) is 0 Å². The molecular weight excluding hydrogens is 392 g/mol. The summed E-state index contributed by atoms with van der Waals surface area (Å²) >= 11 is 0. The van der Waals surface area contributed by atoms with Crippen LogP contribution < -0.4 is 0 Å². The number of aliphatic hydroxyl groups is 2. The number of methoxy groups -OCH3 is 2. The first-order valence-electron chi connectivity index (χ1n) is 10.4. The van der Waals surface area contributed by atoms with Gasteiger partial charge in [-0.1, -0.05) is 91.0 Å². The van der Waals surface area contributed by atoms with Crippen molar-refractivity contribution in [3.63, 3.8) is 0 Å². The molecule has 4 rings (SSSR count). The Hall–Kier alpha value is -2.54. The second kappa shape index (κ2) is 8.91. The fourth-order valence-electron chi connectivity index (χ4n) is 4.67. The van der Waals surface area contributed by atoms with Crippen molar-refractivity contribution >= 4 is 0 Å². The van der Waals surface area contributed by atoms with Crippen LogP contribution in [0.15, 0.2) is 91.0 Å². The molecule has 0 aliphatic carbocycles. The van der Waals surface area contributed by atoms with Crippen molar-refractivity contribution in [2.24, 2.45) is 0 Å². The van der Waals surface area contributed by atoms with Crippen LogP contribution in [-0.2, 0) is 32.0 Å². The van der Waals surface area contributed by atoms with E-state index in [1.165, 1.54) is 7.11 Å². The first-order valence-corrected chi connectivity index (χ1v) is 10.4. The Morgan fingerprint density at radius 1 is 0.742 bits per heavy atom. The van der Waals surface area contributed by atoms with Gasteiger partial charge < -0.3 is 24.4 Å². The summed E-state index contributed by atoms with van der Waals surface area (Å²) < 4.78 is 17.9. The highest BCUT2D eigenvalue weighted by atomic mass is 16.7. The zero-order chi connectivity index (χ0) is 21.9. The number of rotatable bonds is 6. The molecule has 0 unspecified atom stereocenters. The molecule has 5 heteroatoms. The molecule has 2 N–H and O–H groups in total. The zero-order valence-electron chi connectivity index (χ0n) is 17.7. The minimum atomic E-state index is -1.89. The average Bonchev–Trinajstić information content (AvgIpc) is 2.81. The maximum absolute atomic E-state index is 12.2. The smallest absolute Gasteiger partial charge is 0.223 e. The minimum Gasteiger partial charge on any atom is -0.379 e. The van der Waals surface area contributed by atoms with Crippen molar-refractivity contribution < 1.29 is 24.4 Å². The molecule has 1 heterocycles. The van der Waals surface area contributed by atoms with Gasteiger partial charge in [-0.15, -0.1) is 0 Å². The van der Waals surface area contributed by atoms with Crippen LogP contribution >= 0.6 is 0 Å². The van der Waals surface area contributed by atoms with Gasteiger partial charge in [0, 0.05) is 26.2 Å². The topological polar surface area (TPSA) is 68.2 Å². The molecule has 1 saturated heterocycles. The van der Waals surface area contributed by atoms with Gasteiger partial charge in [-0.2, -0.15) is 0 Å². The second-order valence-corrected chi connectivity index (χ2v) is 7.87. The molecule has 1 aliphatic heterocycles. The summed E-state index contributed by atoms with van der Waals surface area (Å²) in [5.74, 6) is -1.89. The Balaban J connectivity index is 1.88. The summed E-state index contributed by atoms with van der Waals surface area (Å²) in [6.07, 6.45) is -2.12. The number of ether oxygens (including phenoxy) is 3. The lowest BCUT2D eigenvalue weighted by Gasteiger charge is -2.55. The normalized spacial score (nSPS) is 30.8.